The molecule has 7 nitrogen and oxygen atoms in total. The van der Waals surface area contributed by atoms with Crippen molar-refractivity contribution < 1.29 is 33.4 Å². The molecule has 0 bridgehead atoms. The first-order valence-electron chi connectivity index (χ1n) is 13.9. The number of ketones is 1. The molecular weight excluding hydrogens is 472 g/mol. The minimum Gasteiger partial charge on any atom is -0.458 e. The zero-order valence-corrected chi connectivity index (χ0v) is 22.5. The largest absolute Gasteiger partial charge is 0.458 e. The van der Waals surface area contributed by atoms with Gasteiger partial charge in [-0.05, 0) is 93.1 Å². The number of epoxide rings is 1. The number of esters is 2. The summed E-state index contributed by atoms with van der Waals surface area (Å²) in [6, 6.07) is 0. The molecule has 0 aromatic heterocycles. The van der Waals surface area contributed by atoms with Gasteiger partial charge in [0.15, 0.2) is 18.2 Å². The fourth-order valence-corrected chi connectivity index (χ4v) is 9.90. The van der Waals surface area contributed by atoms with Crippen molar-refractivity contribution in [3.63, 3.8) is 0 Å². The molecule has 0 aromatic rings. The number of fused-ring (bicyclic) bond motifs is 4. The van der Waals surface area contributed by atoms with Crippen LogP contribution in [0.3, 0.4) is 0 Å². The molecule has 37 heavy (non-hydrogen) atoms. The zero-order chi connectivity index (χ0) is 26.5. The van der Waals surface area contributed by atoms with Crippen LogP contribution < -0.4 is 0 Å². The van der Waals surface area contributed by atoms with E-state index in [1.807, 2.05) is 6.92 Å². The number of hydrogen-bond acceptors (Lipinski definition) is 7. The van der Waals surface area contributed by atoms with E-state index >= 15 is 0 Å². The van der Waals surface area contributed by atoms with E-state index in [1.54, 1.807) is 12.2 Å². The maximum absolute atomic E-state index is 13.5. The minimum absolute atomic E-state index is 0.0790. The SMILES string of the molecule is CC(=O)OC1C=CC(=O)C2(C)C3CCC4(C)C(C(C)C5CC(C)=C(C=O)C(=O)O5)CCC4C3CC3OC132. The summed E-state index contributed by atoms with van der Waals surface area (Å²) in [7, 11) is 0. The van der Waals surface area contributed by atoms with Gasteiger partial charge in [0.25, 0.3) is 0 Å². The first-order chi connectivity index (χ1) is 17.5. The van der Waals surface area contributed by atoms with E-state index in [-0.39, 0.29) is 46.8 Å². The molecule has 200 valence electrons. The highest BCUT2D eigenvalue weighted by atomic mass is 16.7. The molecule has 1 saturated heterocycles. The van der Waals surface area contributed by atoms with E-state index in [0.717, 1.165) is 37.7 Å². The third kappa shape index (κ3) is 3.15. The number of cyclic esters (lactones) is 1. The summed E-state index contributed by atoms with van der Waals surface area (Å²) < 4.78 is 17.9. The predicted molar refractivity (Wildman–Crippen MR) is 133 cm³/mol. The molecule has 0 N–H and O–H groups in total. The monoisotopic (exact) mass is 510 g/mol. The van der Waals surface area contributed by atoms with E-state index in [2.05, 4.69) is 20.8 Å². The zero-order valence-electron chi connectivity index (χ0n) is 22.5. The quantitative estimate of drug-likeness (QED) is 0.243. The first kappa shape index (κ1) is 25.0. The summed E-state index contributed by atoms with van der Waals surface area (Å²) in [6.07, 6.45) is 8.75. The molecule has 11 atom stereocenters. The Labute approximate surface area is 218 Å². The van der Waals surface area contributed by atoms with Crippen LogP contribution in [0.25, 0.3) is 0 Å². The molecule has 0 amide bonds. The van der Waals surface area contributed by atoms with Crippen molar-refractivity contribution in [3.05, 3.63) is 23.3 Å². The molecule has 4 aliphatic carbocycles. The van der Waals surface area contributed by atoms with Crippen LogP contribution in [0.4, 0.5) is 0 Å². The molecule has 2 aliphatic heterocycles. The first-order valence-corrected chi connectivity index (χ1v) is 13.9. The summed E-state index contributed by atoms with van der Waals surface area (Å²) in [5.41, 5.74) is -0.363. The lowest BCUT2D eigenvalue weighted by atomic mass is 9.44. The molecular formula is C30H38O7. The van der Waals surface area contributed by atoms with Crippen LogP contribution in [0, 0.1) is 40.4 Å². The number of ether oxygens (including phenoxy) is 3. The van der Waals surface area contributed by atoms with Crippen molar-refractivity contribution in [1.82, 2.24) is 0 Å². The Morgan fingerprint density at radius 2 is 1.95 bits per heavy atom. The Hall–Kier alpha value is -2.28. The average molecular weight is 511 g/mol. The standard InChI is InChI=1S/C30H38O7/c1-15-12-23(36-27(34)19(15)14-31)16(2)20-6-7-21-18-13-26-30(37-26)25(35-17(3)32)9-8-24(33)29(30,5)22(18)10-11-28(20,21)4/h8-9,14,16,18,20-23,25-26H,6-7,10-13H2,1-5H3. The maximum atomic E-state index is 13.5. The van der Waals surface area contributed by atoms with Gasteiger partial charge < -0.3 is 14.2 Å². The lowest BCUT2D eigenvalue weighted by Crippen LogP contribution is -2.64. The molecule has 1 spiro atoms. The molecule has 6 rings (SSSR count). The Morgan fingerprint density at radius 1 is 1.19 bits per heavy atom. The molecule has 11 unspecified atom stereocenters. The fraction of sp³-hybridized carbons (Fsp3) is 0.733. The van der Waals surface area contributed by atoms with E-state index in [4.69, 9.17) is 14.2 Å². The Morgan fingerprint density at radius 3 is 2.62 bits per heavy atom. The molecule has 2 heterocycles. The topological polar surface area (TPSA) is 99.3 Å². The molecule has 6 aliphatic rings. The number of rotatable bonds is 4. The minimum atomic E-state index is -0.735. The van der Waals surface area contributed by atoms with E-state index in [1.165, 1.54) is 6.92 Å². The second-order valence-electron chi connectivity index (χ2n) is 13.0. The Kier molecular flexibility index (Phi) is 5.48. The van der Waals surface area contributed by atoms with Crippen molar-refractivity contribution >= 4 is 24.0 Å². The summed E-state index contributed by atoms with van der Waals surface area (Å²) in [4.78, 5) is 49.2. The lowest BCUT2D eigenvalue weighted by Gasteiger charge is -2.58. The van der Waals surface area contributed by atoms with Crippen molar-refractivity contribution in [2.75, 3.05) is 0 Å². The Bertz CT molecular complexity index is 1140. The van der Waals surface area contributed by atoms with E-state index in [9.17, 15) is 19.2 Å². The van der Waals surface area contributed by atoms with Crippen molar-refractivity contribution in [1.29, 1.82) is 0 Å². The van der Waals surface area contributed by atoms with Gasteiger partial charge in [0.1, 0.15) is 11.7 Å². The van der Waals surface area contributed by atoms with Crippen molar-refractivity contribution in [2.24, 2.45) is 40.4 Å². The van der Waals surface area contributed by atoms with Gasteiger partial charge in [-0.25, -0.2) is 4.79 Å². The second-order valence-corrected chi connectivity index (χ2v) is 13.0. The highest BCUT2D eigenvalue weighted by molar-refractivity contribution is 6.09. The predicted octanol–water partition coefficient (Wildman–Crippen LogP) is 4.13. The van der Waals surface area contributed by atoms with Gasteiger partial charge in [-0.2, -0.15) is 0 Å². The highest BCUT2D eigenvalue weighted by Crippen LogP contribution is 2.73. The summed E-state index contributed by atoms with van der Waals surface area (Å²) >= 11 is 0. The Balaban J connectivity index is 1.27. The summed E-state index contributed by atoms with van der Waals surface area (Å²) in [6.45, 7) is 9.95. The molecule has 0 aromatic carbocycles. The summed E-state index contributed by atoms with van der Waals surface area (Å²) in [5, 5.41) is 0. The number of carbonyl (C=O) groups is 4. The van der Waals surface area contributed by atoms with Crippen molar-refractivity contribution in [2.45, 2.75) is 97.1 Å². The van der Waals surface area contributed by atoms with Crippen LogP contribution in [-0.4, -0.2) is 47.9 Å². The smallest absolute Gasteiger partial charge is 0.341 e. The number of hydrogen-bond donors (Lipinski definition) is 0. The third-order valence-electron chi connectivity index (χ3n) is 11.7. The van der Waals surface area contributed by atoms with E-state index in [0.29, 0.717) is 30.5 Å². The molecule has 4 fully saturated rings. The maximum Gasteiger partial charge on any atom is 0.341 e. The molecule has 7 heteroatoms. The number of allylic oxidation sites excluding steroid dienone is 1. The van der Waals surface area contributed by atoms with Crippen LogP contribution in [0.5, 0.6) is 0 Å². The lowest BCUT2D eigenvalue weighted by molar-refractivity contribution is -0.166. The fourth-order valence-electron chi connectivity index (χ4n) is 9.90. The van der Waals surface area contributed by atoms with Gasteiger partial charge in [0.2, 0.25) is 0 Å². The van der Waals surface area contributed by atoms with Gasteiger partial charge in [-0.15, -0.1) is 0 Å². The van der Waals surface area contributed by atoms with Crippen LogP contribution >= 0.6 is 0 Å². The number of aldehydes is 1. The van der Waals surface area contributed by atoms with Gasteiger partial charge in [0.05, 0.1) is 17.1 Å². The van der Waals surface area contributed by atoms with Crippen LogP contribution in [0.1, 0.15) is 73.1 Å². The normalized spacial score (nSPS) is 48.7. The second kappa shape index (κ2) is 8.11. The van der Waals surface area contributed by atoms with Crippen molar-refractivity contribution in [3.8, 4) is 0 Å². The summed E-state index contributed by atoms with van der Waals surface area (Å²) in [5.74, 6) is 0.849. The van der Waals surface area contributed by atoms with Gasteiger partial charge in [-0.3, -0.25) is 14.4 Å². The number of carbonyl (C=O) groups excluding carboxylic acids is 4. The van der Waals surface area contributed by atoms with Gasteiger partial charge in [0, 0.05) is 13.3 Å². The van der Waals surface area contributed by atoms with Crippen LogP contribution in [0.2, 0.25) is 0 Å². The molecule has 3 saturated carbocycles. The molecule has 0 radical (unpaired) electrons. The van der Waals surface area contributed by atoms with Gasteiger partial charge in [-0.1, -0.05) is 19.4 Å². The third-order valence-corrected chi connectivity index (χ3v) is 11.7. The average Bonchev–Trinajstić information content (AvgIpc) is 3.46. The van der Waals surface area contributed by atoms with Crippen LogP contribution in [0.15, 0.2) is 23.3 Å². The van der Waals surface area contributed by atoms with Crippen LogP contribution in [-0.2, 0) is 33.4 Å². The van der Waals surface area contributed by atoms with Gasteiger partial charge >= 0.3 is 11.9 Å². The van der Waals surface area contributed by atoms with E-state index < -0.39 is 23.1 Å². The highest BCUT2D eigenvalue weighted by Gasteiger charge is 2.81.